The minimum atomic E-state index is 0.830. The van der Waals surface area contributed by atoms with Crippen LogP contribution in [0, 0.1) is 0 Å². The fraction of sp³-hybridized carbons (Fsp3) is 0.556. The summed E-state index contributed by atoms with van der Waals surface area (Å²) < 4.78 is 2.28. The summed E-state index contributed by atoms with van der Waals surface area (Å²) in [6.45, 7) is 1.19. The van der Waals surface area contributed by atoms with E-state index in [-0.39, 0.29) is 0 Å². The van der Waals surface area contributed by atoms with Gasteiger partial charge in [0.2, 0.25) is 0 Å². The molecule has 1 fully saturated rings. The van der Waals surface area contributed by atoms with Crippen molar-refractivity contribution in [1.29, 1.82) is 0 Å². The number of thioether (sulfide) groups is 2. The van der Waals surface area contributed by atoms with E-state index < -0.39 is 0 Å². The van der Waals surface area contributed by atoms with Gasteiger partial charge in [0.1, 0.15) is 0 Å². The average Bonchev–Trinajstić information content (AvgIpc) is 2.59. The van der Waals surface area contributed by atoms with Crippen molar-refractivity contribution < 1.29 is 0 Å². The molecule has 0 N–H and O–H groups in total. The number of aromatic nitrogens is 1. The monoisotopic (exact) mass is 199 g/mol. The maximum Gasteiger partial charge on any atom is 0.0346 e. The third-order valence-corrected chi connectivity index (χ3v) is 4.79. The number of hydrogen-bond donors (Lipinski definition) is 0. The van der Waals surface area contributed by atoms with Gasteiger partial charge in [-0.2, -0.15) is 23.5 Å². The van der Waals surface area contributed by atoms with Crippen molar-refractivity contribution >= 4 is 23.5 Å². The molecule has 1 aliphatic rings. The first-order chi connectivity index (χ1) is 5.95. The van der Waals surface area contributed by atoms with Crippen LogP contribution in [0.4, 0.5) is 0 Å². The molecule has 1 aromatic heterocycles. The summed E-state index contributed by atoms with van der Waals surface area (Å²) in [5.74, 6) is 3.99. The van der Waals surface area contributed by atoms with E-state index in [1.165, 1.54) is 23.8 Å². The molecule has 2 heterocycles. The summed E-state index contributed by atoms with van der Waals surface area (Å²) in [6.07, 6.45) is 4.31. The molecule has 1 saturated heterocycles. The Hall–Kier alpha value is -0.0200. The van der Waals surface area contributed by atoms with E-state index in [9.17, 15) is 0 Å². The maximum absolute atomic E-state index is 2.28. The number of rotatable bonds is 2. The smallest absolute Gasteiger partial charge is 0.0346 e. The summed E-state index contributed by atoms with van der Waals surface area (Å²) in [5, 5.41) is 0.830. The minimum Gasteiger partial charge on any atom is -0.353 e. The highest BCUT2D eigenvalue weighted by Crippen LogP contribution is 2.24. The molecule has 1 atom stereocenters. The zero-order valence-corrected chi connectivity index (χ0v) is 8.61. The van der Waals surface area contributed by atoms with Crippen LogP contribution in [0.25, 0.3) is 0 Å². The van der Waals surface area contributed by atoms with Crippen molar-refractivity contribution in [3.8, 4) is 0 Å². The molecule has 0 saturated carbocycles. The molecule has 0 aliphatic carbocycles. The van der Waals surface area contributed by atoms with Gasteiger partial charge in [-0.3, -0.25) is 0 Å². The van der Waals surface area contributed by atoms with Gasteiger partial charge in [-0.25, -0.2) is 0 Å². The third-order valence-electron chi connectivity index (χ3n) is 1.97. The van der Waals surface area contributed by atoms with E-state index in [0.717, 1.165) is 5.25 Å². The molecule has 0 amide bonds. The fourth-order valence-corrected chi connectivity index (χ4v) is 4.04. The van der Waals surface area contributed by atoms with E-state index in [4.69, 9.17) is 0 Å². The Morgan fingerprint density at radius 1 is 1.25 bits per heavy atom. The molecule has 1 aliphatic heterocycles. The van der Waals surface area contributed by atoms with Crippen molar-refractivity contribution in [2.75, 3.05) is 17.3 Å². The quantitative estimate of drug-likeness (QED) is 0.720. The lowest BCUT2D eigenvalue weighted by atomic mass is 10.4. The summed E-state index contributed by atoms with van der Waals surface area (Å²) in [5.41, 5.74) is 0. The highest BCUT2D eigenvalue weighted by atomic mass is 32.2. The van der Waals surface area contributed by atoms with Crippen LogP contribution in [0.1, 0.15) is 0 Å². The molecule has 1 unspecified atom stereocenters. The molecule has 2 rings (SSSR count). The first kappa shape index (κ1) is 8.57. The maximum atomic E-state index is 2.28. The fourth-order valence-electron chi connectivity index (χ4n) is 1.37. The van der Waals surface area contributed by atoms with E-state index >= 15 is 0 Å². The Bertz CT molecular complexity index is 214. The van der Waals surface area contributed by atoms with Gasteiger partial charge >= 0.3 is 0 Å². The van der Waals surface area contributed by atoms with Gasteiger partial charge < -0.3 is 4.57 Å². The van der Waals surface area contributed by atoms with Gasteiger partial charge in [0.25, 0.3) is 0 Å². The highest BCUT2D eigenvalue weighted by Gasteiger charge is 2.13. The zero-order valence-electron chi connectivity index (χ0n) is 6.98. The van der Waals surface area contributed by atoms with Crippen LogP contribution < -0.4 is 0 Å². The highest BCUT2D eigenvalue weighted by molar-refractivity contribution is 8.06. The van der Waals surface area contributed by atoms with Gasteiger partial charge in [-0.05, 0) is 12.1 Å². The lowest BCUT2D eigenvalue weighted by molar-refractivity contribution is 0.700. The Morgan fingerprint density at radius 2 is 2.08 bits per heavy atom. The summed E-state index contributed by atoms with van der Waals surface area (Å²) in [4.78, 5) is 0. The third kappa shape index (κ3) is 2.23. The molecule has 3 heteroatoms. The van der Waals surface area contributed by atoms with E-state index in [0.29, 0.717) is 0 Å². The minimum absolute atomic E-state index is 0.830. The van der Waals surface area contributed by atoms with Crippen molar-refractivity contribution in [3.05, 3.63) is 24.5 Å². The Morgan fingerprint density at radius 3 is 2.75 bits per heavy atom. The van der Waals surface area contributed by atoms with Crippen LogP contribution in [0.3, 0.4) is 0 Å². The average molecular weight is 199 g/mol. The first-order valence-corrected chi connectivity index (χ1v) is 6.45. The van der Waals surface area contributed by atoms with Gasteiger partial charge in [0.05, 0.1) is 0 Å². The molecular weight excluding hydrogens is 186 g/mol. The predicted molar refractivity (Wildman–Crippen MR) is 58.0 cm³/mol. The second-order valence-electron chi connectivity index (χ2n) is 2.95. The largest absolute Gasteiger partial charge is 0.353 e. The topological polar surface area (TPSA) is 4.93 Å². The standard InChI is InChI=1S/C9H13NS2/c1-2-4-10(3-1)7-9-8-11-5-6-12-9/h1-4,9H,5-8H2. The van der Waals surface area contributed by atoms with Gasteiger partial charge in [-0.1, -0.05) is 0 Å². The first-order valence-electron chi connectivity index (χ1n) is 4.25. The normalized spacial score (nSPS) is 24.2. The lowest BCUT2D eigenvalue weighted by Crippen LogP contribution is -2.19. The van der Waals surface area contributed by atoms with Crippen LogP contribution in [0.5, 0.6) is 0 Å². The van der Waals surface area contributed by atoms with Crippen molar-refractivity contribution in [3.63, 3.8) is 0 Å². The SMILES string of the molecule is c1ccn(CC2CSCCS2)c1. The Kier molecular flexibility index (Phi) is 3.06. The molecule has 0 spiro atoms. The van der Waals surface area contributed by atoms with E-state index in [2.05, 4.69) is 52.6 Å². The van der Waals surface area contributed by atoms with Crippen LogP contribution in [-0.4, -0.2) is 27.1 Å². The van der Waals surface area contributed by atoms with E-state index in [1.807, 2.05) is 0 Å². The lowest BCUT2D eigenvalue weighted by Gasteiger charge is -2.21. The molecule has 0 bridgehead atoms. The second kappa shape index (κ2) is 4.28. The summed E-state index contributed by atoms with van der Waals surface area (Å²) in [7, 11) is 0. The molecule has 0 radical (unpaired) electrons. The Balaban J connectivity index is 1.86. The molecule has 12 heavy (non-hydrogen) atoms. The number of hydrogen-bond acceptors (Lipinski definition) is 2. The summed E-state index contributed by atoms with van der Waals surface area (Å²) in [6, 6.07) is 4.20. The van der Waals surface area contributed by atoms with Crippen molar-refractivity contribution in [2.24, 2.45) is 0 Å². The van der Waals surface area contributed by atoms with Crippen LogP contribution >= 0.6 is 23.5 Å². The van der Waals surface area contributed by atoms with Crippen molar-refractivity contribution in [1.82, 2.24) is 4.57 Å². The van der Waals surface area contributed by atoms with Gasteiger partial charge in [0, 0.05) is 41.4 Å². The van der Waals surface area contributed by atoms with E-state index in [1.54, 1.807) is 0 Å². The van der Waals surface area contributed by atoms with Crippen LogP contribution in [0.15, 0.2) is 24.5 Å². The predicted octanol–water partition coefficient (Wildman–Crippen LogP) is 2.34. The van der Waals surface area contributed by atoms with Crippen molar-refractivity contribution in [2.45, 2.75) is 11.8 Å². The van der Waals surface area contributed by atoms with Gasteiger partial charge in [-0.15, -0.1) is 0 Å². The molecule has 0 aromatic carbocycles. The number of nitrogens with zero attached hydrogens (tertiary/aromatic N) is 1. The van der Waals surface area contributed by atoms with Crippen LogP contribution in [0.2, 0.25) is 0 Å². The van der Waals surface area contributed by atoms with Gasteiger partial charge in [0.15, 0.2) is 0 Å². The molecular formula is C9H13NS2. The van der Waals surface area contributed by atoms with Crippen LogP contribution in [-0.2, 0) is 6.54 Å². The molecule has 1 aromatic rings. The molecule has 66 valence electrons. The Labute approximate surface area is 81.9 Å². The zero-order chi connectivity index (χ0) is 8.23. The molecule has 1 nitrogen and oxygen atoms in total. The second-order valence-corrected chi connectivity index (χ2v) is 5.51. The summed E-state index contributed by atoms with van der Waals surface area (Å²) >= 11 is 4.21.